The van der Waals surface area contributed by atoms with Crippen molar-refractivity contribution in [3.05, 3.63) is 58.0 Å². The summed E-state index contributed by atoms with van der Waals surface area (Å²) >= 11 is 0. The highest BCUT2D eigenvalue weighted by molar-refractivity contribution is 5.91. The van der Waals surface area contributed by atoms with E-state index in [-0.39, 0.29) is 17.4 Å². The molecule has 1 aromatic rings. The van der Waals surface area contributed by atoms with Crippen molar-refractivity contribution >= 4 is 17.8 Å². The van der Waals surface area contributed by atoms with Gasteiger partial charge in [-0.1, -0.05) is 90.0 Å². The van der Waals surface area contributed by atoms with Crippen LogP contribution in [-0.4, -0.2) is 53.0 Å². The molecule has 0 bridgehead atoms. The van der Waals surface area contributed by atoms with Crippen LogP contribution in [0.15, 0.2) is 47.1 Å². The Balaban J connectivity index is 3.37. The Morgan fingerprint density at radius 3 is 2.09 bits per heavy atom. The maximum atomic E-state index is 13.7. The molecular formula is C26H39N5O4. The molecule has 0 heterocycles. The Kier molecular flexibility index (Phi) is 10.1. The van der Waals surface area contributed by atoms with Crippen LogP contribution in [0.3, 0.4) is 0 Å². The van der Waals surface area contributed by atoms with E-state index >= 15 is 0 Å². The number of likely N-dealkylation sites (N-methyl/N-ethyl adjacent to an activating group) is 1. The van der Waals surface area contributed by atoms with Gasteiger partial charge in [-0.3, -0.25) is 9.59 Å². The summed E-state index contributed by atoms with van der Waals surface area (Å²) in [6, 6.07) is 6.73. The van der Waals surface area contributed by atoms with Crippen LogP contribution in [0.2, 0.25) is 0 Å². The third-order valence-corrected chi connectivity index (χ3v) is 6.25. The van der Waals surface area contributed by atoms with E-state index in [1.165, 1.54) is 11.8 Å². The van der Waals surface area contributed by atoms with Crippen LogP contribution >= 0.6 is 0 Å². The number of carbonyl (C=O) groups excluding carboxylic acids is 2. The average molecular weight is 486 g/mol. The van der Waals surface area contributed by atoms with E-state index in [0.29, 0.717) is 0 Å². The van der Waals surface area contributed by atoms with E-state index in [9.17, 15) is 25.0 Å². The Hall–Kier alpha value is -3.32. The maximum absolute atomic E-state index is 13.7. The first-order chi connectivity index (χ1) is 16.0. The SMILES string of the molecule is C/C(=C\[C@H](C(C)C)N(C)C(=O)[C@@H](NC(=O)[C@H](N=[N+]=[N-])C(C)(C)c1ccccc1)C(C)(C)C)C(=O)O. The average Bonchev–Trinajstić information content (AvgIpc) is 2.77. The van der Waals surface area contributed by atoms with Crippen molar-refractivity contribution in [1.82, 2.24) is 10.2 Å². The monoisotopic (exact) mass is 485 g/mol. The Labute approximate surface area is 208 Å². The highest BCUT2D eigenvalue weighted by Gasteiger charge is 2.41. The second kappa shape index (κ2) is 11.9. The van der Waals surface area contributed by atoms with Gasteiger partial charge in [0.1, 0.15) is 12.1 Å². The standard InChI is InChI=1S/C26H39N5O4/c1-16(2)19(15-17(3)24(34)35)31(9)23(33)21(25(4,5)6)28-22(32)20(29-30-27)26(7,8)18-13-11-10-12-14-18/h10-16,19-21H,1-9H3,(H,28,32)(H,34,35)/b17-15+/t19-,20+,21-/m1/s1. The van der Waals surface area contributed by atoms with Crippen molar-refractivity contribution < 1.29 is 19.5 Å². The van der Waals surface area contributed by atoms with Gasteiger partial charge in [-0.15, -0.1) is 0 Å². The van der Waals surface area contributed by atoms with Gasteiger partial charge >= 0.3 is 5.97 Å². The van der Waals surface area contributed by atoms with E-state index in [4.69, 9.17) is 0 Å². The summed E-state index contributed by atoms with van der Waals surface area (Å²) in [4.78, 5) is 42.9. The molecular weight excluding hydrogens is 446 g/mol. The van der Waals surface area contributed by atoms with Crippen LogP contribution in [0.4, 0.5) is 0 Å². The molecule has 2 N–H and O–H groups in total. The summed E-state index contributed by atoms with van der Waals surface area (Å²) < 4.78 is 0. The van der Waals surface area contributed by atoms with E-state index in [1.54, 1.807) is 13.1 Å². The molecule has 3 atom stereocenters. The van der Waals surface area contributed by atoms with Gasteiger partial charge in [0.05, 0.1) is 6.04 Å². The minimum atomic E-state index is -1.10. The molecule has 1 aromatic carbocycles. The van der Waals surface area contributed by atoms with Gasteiger partial charge in [0.25, 0.3) is 0 Å². The number of carbonyl (C=O) groups is 3. The molecule has 2 amide bonds. The Bertz CT molecular complexity index is 989. The molecule has 9 heteroatoms. The van der Waals surface area contributed by atoms with Gasteiger partial charge in [-0.25, -0.2) is 4.79 Å². The zero-order valence-corrected chi connectivity index (χ0v) is 22.2. The second-order valence-corrected chi connectivity index (χ2v) is 10.8. The predicted molar refractivity (Wildman–Crippen MR) is 137 cm³/mol. The normalized spacial score (nSPS) is 15.0. The first kappa shape index (κ1) is 29.7. The zero-order valence-electron chi connectivity index (χ0n) is 22.2. The van der Waals surface area contributed by atoms with E-state index < -0.39 is 40.8 Å². The lowest BCUT2D eigenvalue weighted by Crippen LogP contribution is -2.59. The smallest absolute Gasteiger partial charge is 0.331 e. The van der Waals surface area contributed by atoms with E-state index in [1.807, 2.05) is 78.8 Å². The number of amides is 2. The molecule has 0 spiro atoms. The number of azide groups is 1. The number of rotatable bonds is 10. The molecule has 35 heavy (non-hydrogen) atoms. The van der Waals surface area contributed by atoms with Gasteiger partial charge in [0.15, 0.2) is 0 Å². The summed E-state index contributed by atoms with van der Waals surface area (Å²) in [6.45, 7) is 14.4. The van der Waals surface area contributed by atoms with Crippen LogP contribution in [0.5, 0.6) is 0 Å². The summed E-state index contributed by atoms with van der Waals surface area (Å²) in [7, 11) is 1.60. The molecule has 0 saturated heterocycles. The number of hydrogen-bond donors (Lipinski definition) is 2. The third kappa shape index (κ3) is 7.59. The van der Waals surface area contributed by atoms with Crippen LogP contribution in [0.1, 0.15) is 61.0 Å². The molecule has 192 valence electrons. The summed E-state index contributed by atoms with van der Waals surface area (Å²) in [6.07, 6.45) is 1.55. The van der Waals surface area contributed by atoms with Crippen LogP contribution in [-0.2, 0) is 19.8 Å². The van der Waals surface area contributed by atoms with Gasteiger partial charge in [-0.2, -0.15) is 0 Å². The minimum Gasteiger partial charge on any atom is -0.478 e. The van der Waals surface area contributed by atoms with Crippen molar-refractivity contribution in [1.29, 1.82) is 0 Å². The lowest BCUT2D eigenvalue weighted by molar-refractivity contribution is -0.140. The molecule has 0 fully saturated rings. The zero-order chi connectivity index (χ0) is 27.1. The molecule has 0 aliphatic heterocycles. The molecule has 0 saturated carbocycles. The molecule has 9 nitrogen and oxygen atoms in total. The number of benzene rings is 1. The Morgan fingerprint density at radius 2 is 1.66 bits per heavy atom. The van der Waals surface area contributed by atoms with Crippen LogP contribution in [0.25, 0.3) is 10.4 Å². The molecule has 1 rings (SSSR count). The highest BCUT2D eigenvalue weighted by atomic mass is 16.4. The number of carboxylic acid groups (broad SMARTS) is 1. The summed E-state index contributed by atoms with van der Waals surface area (Å²) in [5.41, 5.74) is 8.64. The van der Waals surface area contributed by atoms with Crippen molar-refractivity contribution in [2.75, 3.05) is 7.05 Å². The molecule has 0 aliphatic rings. The number of carboxylic acids is 1. The lowest BCUT2D eigenvalue weighted by Gasteiger charge is -2.39. The van der Waals surface area contributed by atoms with Gasteiger partial charge in [0, 0.05) is 22.9 Å². The fraction of sp³-hybridized carbons (Fsp3) is 0.577. The molecule has 0 aromatic heterocycles. The molecule has 0 unspecified atom stereocenters. The number of hydrogen-bond acceptors (Lipinski definition) is 4. The van der Waals surface area contributed by atoms with Gasteiger partial charge in [0.2, 0.25) is 11.8 Å². The molecule has 0 radical (unpaired) electrons. The lowest BCUT2D eigenvalue weighted by atomic mass is 9.77. The van der Waals surface area contributed by atoms with Crippen LogP contribution < -0.4 is 5.32 Å². The van der Waals surface area contributed by atoms with Crippen molar-refractivity contribution in [3.63, 3.8) is 0 Å². The largest absolute Gasteiger partial charge is 0.478 e. The fourth-order valence-corrected chi connectivity index (χ4v) is 3.90. The van der Waals surface area contributed by atoms with Crippen LogP contribution in [0, 0.1) is 11.3 Å². The molecule has 0 aliphatic carbocycles. The van der Waals surface area contributed by atoms with E-state index in [2.05, 4.69) is 15.3 Å². The van der Waals surface area contributed by atoms with Gasteiger partial charge < -0.3 is 15.3 Å². The third-order valence-electron chi connectivity index (χ3n) is 6.25. The first-order valence-electron chi connectivity index (χ1n) is 11.6. The quantitative estimate of drug-likeness (QED) is 0.215. The highest BCUT2D eigenvalue weighted by Crippen LogP contribution is 2.31. The van der Waals surface area contributed by atoms with Crippen molar-refractivity contribution in [2.24, 2.45) is 16.4 Å². The summed E-state index contributed by atoms with van der Waals surface area (Å²) in [5, 5.41) is 15.9. The number of nitrogens with one attached hydrogen (secondary N) is 1. The number of aliphatic carboxylic acids is 1. The summed E-state index contributed by atoms with van der Waals surface area (Å²) in [5.74, 6) is -2.05. The predicted octanol–water partition coefficient (Wildman–Crippen LogP) is 4.69. The topological polar surface area (TPSA) is 135 Å². The first-order valence-corrected chi connectivity index (χ1v) is 11.6. The second-order valence-electron chi connectivity index (χ2n) is 10.8. The number of nitrogens with zero attached hydrogens (tertiary/aromatic N) is 4. The minimum absolute atomic E-state index is 0.0671. The van der Waals surface area contributed by atoms with Crippen molar-refractivity contribution in [2.45, 2.75) is 78.9 Å². The fourth-order valence-electron chi connectivity index (χ4n) is 3.90. The Morgan fingerprint density at radius 1 is 1.11 bits per heavy atom. The maximum Gasteiger partial charge on any atom is 0.331 e. The van der Waals surface area contributed by atoms with Crippen molar-refractivity contribution in [3.8, 4) is 0 Å². The van der Waals surface area contributed by atoms with Gasteiger partial charge in [-0.05, 0) is 29.4 Å². The van der Waals surface area contributed by atoms with E-state index in [0.717, 1.165) is 5.56 Å².